The van der Waals surface area contributed by atoms with E-state index in [0.29, 0.717) is 5.92 Å². The van der Waals surface area contributed by atoms with Gasteiger partial charge in [0.2, 0.25) is 0 Å². The molecule has 0 fully saturated rings. The van der Waals surface area contributed by atoms with Gasteiger partial charge in [-0.3, -0.25) is 4.99 Å². The van der Waals surface area contributed by atoms with Crippen LogP contribution in [0.2, 0.25) is 0 Å². The van der Waals surface area contributed by atoms with Crippen LogP contribution in [-0.2, 0) is 6.54 Å². The van der Waals surface area contributed by atoms with Crippen LogP contribution in [0.3, 0.4) is 0 Å². The van der Waals surface area contributed by atoms with Gasteiger partial charge in [-0.2, -0.15) is 0 Å². The third kappa shape index (κ3) is 8.16. The summed E-state index contributed by atoms with van der Waals surface area (Å²) in [5.74, 6) is 1.30. The summed E-state index contributed by atoms with van der Waals surface area (Å²) in [6.07, 6.45) is 5.68. The number of aryl methyl sites for hydroxylation is 2. The molecule has 0 bridgehead atoms. The van der Waals surface area contributed by atoms with Gasteiger partial charge in [0.1, 0.15) is 12.7 Å². The van der Waals surface area contributed by atoms with Gasteiger partial charge in [0, 0.05) is 32.1 Å². The minimum atomic E-state index is 0. The van der Waals surface area contributed by atoms with Crippen LogP contribution in [0.15, 0.2) is 41.9 Å². The summed E-state index contributed by atoms with van der Waals surface area (Å²) in [5, 5.41) is 14.4. The molecule has 2 rings (SSSR count). The van der Waals surface area contributed by atoms with E-state index in [1.54, 1.807) is 12.7 Å². The minimum absolute atomic E-state index is 0. The average molecular weight is 470 g/mol. The van der Waals surface area contributed by atoms with E-state index >= 15 is 0 Å². The summed E-state index contributed by atoms with van der Waals surface area (Å²) in [6.45, 7) is 9.93. The number of nitrogens with zero attached hydrogens (tertiary/aromatic N) is 4. The Bertz CT molecular complexity index is 624. The largest absolute Gasteiger partial charge is 0.357 e. The summed E-state index contributed by atoms with van der Waals surface area (Å²) in [7, 11) is 0. The lowest BCUT2D eigenvalue weighted by molar-refractivity contribution is 0.597. The van der Waals surface area contributed by atoms with E-state index < -0.39 is 0 Å². The summed E-state index contributed by atoms with van der Waals surface area (Å²) in [5.41, 5.74) is 2.63. The fourth-order valence-electron chi connectivity index (χ4n) is 2.53. The molecule has 26 heavy (non-hydrogen) atoms. The molecule has 0 aliphatic rings. The van der Waals surface area contributed by atoms with Gasteiger partial charge in [0.05, 0.1) is 0 Å². The van der Waals surface area contributed by atoms with Gasteiger partial charge in [-0.1, -0.05) is 36.8 Å². The molecule has 1 aromatic heterocycles. The lowest BCUT2D eigenvalue weighted by atomic mass is 10.0. The number of hydrogen-bond donors (Lipinski definition) is 2. The first-order valence-corrected chi connectivity index (χ1v) is 9.10. The standard InChI is InChI=1S/C19H30N6.HI/c1-4-20-19(21-11-5-6-12-25-14-23-24-15-25)22-13-17(3)18-9-7-16(2)8-10-18;/h7-10,14-15,17H,4-6,11-13H2,1-3H3,(H2,20,21,22);1H. The monoisotopic (exact) mass is 470 g/mol. The van der Waals surface area contributed by atoms with Crippen molar-refractivity contribution in [2.75, 3.05) is 19.6 Å². The number of unbranched alkanes of at least 4 members (excludes halogenated alkanes) is 1. The quantitative estimate of drug-likeness (QED) is 0.255. The Kier molecular flexibility index (Phi) is 10.9. The molecule has 6 nitrogen and oxygen atoms in total. The lowest BCUT2D eigenvalue weighted by Gasteiger charge is -2.14. The molecule has 7 heteroatoms. The van der Waals surface area contributed by atoms with Gasteiger partial charge in [-0.25, -0.2) is 0 Å². The van der Waals surface area contributed by atoms with Crippen molar-refractivity contribution in [3.63, 3.8) is 0 Å². The normalized spacial score (nSPS) is 12.3. The van der Waals surface area contributed by atoms with Crippen LogP contribution >= 0.6 is 24.0 Å². The fourth-order valence-corrected chi connectivity index (χ4v) is 2.53. The molecule has 0 radical (unpaired) electrons. The lowest BCUT2D eigenvalue weighted by Crippen LogP contribution is -2.38. The van der Waals surface area contributed by atoms with E-state index in [1.807, 2.05) is 4.57 Å². The molecule has 2 aromatic rings. The van der Waals surface area contributed by atoms with E-state index in [-0.39, 0.29) is 24.0 Å². The van der Waals surface area contributed by atoms with Crippen molar-refractivity contribution in [1.29, 1.82) is 0 Å². The summed E-state index contributed by atoms with van der Waals surface area (Å²) in [6, 6.07) is 8.71. The first-order valence-electron chi connectivity index (χ1n) is 9.10. The van der Waals surface area contributed by atoms with Crippen molar-refractivity contribution < 1.29 is 0 Å². The van der Waals surface area contributed by atoms with Crippen molar-refractivity contribution in [3.8, 4) is 0 Å². The third-order valence-electron chi connectivity index (χ3n) is 4.12. The summed E-state index contributed by atoms with van der Waals surface area (Å²) in [4.78, 5) is 4.73. The molecule has 0 aliphatic carbocycles. The molecule has 0 saturated carbocycles. The fraction of sp³-hybridized carbons (Fsp3) is 0.526. The zero-order chi connectivity index (χ0) is 17.9. The number of guanidine groups is 1. The van der Waals surface area contributed by atoms with Crippen molar-refractivity contribution in [3.05, 3.63) is 48.0 Å². The predicted molar refractivity (Wildman–Crippen MR) is 118 cm³/mol. The topological polar surface area (TPSA) is 67.1 Å². The van der Waals surface area contributed by atoms with Gasteiger partial charge in [-0.05, 0) is 32.3 Å². The molecular formula is C19H31IN6. The van der Waals surface area contributed by atoms with Crippen molar-refractivity contribution in [2.24, 2.45) is 4.99 Å². The number of aromatic nitrogens is 3. The first-order chi connectivity index (χ1) is 12.2. The molecular weight excluding hydrogens is 439 g/mol. The van der Waals surface area contributed by atoms with E-state index in [1.165, 1.54) is 11.1 Å². The molecule has 0 saturated heterocycles. The van der Waals surface area contributed by atoms with E-state index in [4.69, 9.17) is 4.99 Å². The second-order valence-electron chi connectivity index (χ2n) is 6.36. The maximum atomic E-state index is 4.73. The number of nitrogens with one attached hydrogen (secondary N) is 2. The average Bonchev–Trinajstić information content (AvgIpc) is 3.13. The van der Waals surface area contributed by atoms with Gasteiger partial charge >= 0.3 is 0 Å². The number of halogens is 1. The zero-order valence-corrected chi connectivity index (χ0v) is 18.3. The molecule has 144 valence electrons. The van der Waals surface area contributed by atoms with Gasteiger partial charge in [-0.15, -0.1) is 34.2 Å². The highest BCUT2D eigenvalue weighted by Crippen LogP contribution is 2.15. The van der Waals surface area contributed by atoms with Crippen molar-refractivity contribution in [1.82, 2.24) is 25.4 Å². The molecule has 1 heterocycles. The zero-order valence-electron chi connectivity index (χ0n) is 16.0. The van der Waals surface area contributed by atoms with Crippen LogP contribution < -0.4 is 10.6 Å². The number of benzene rings is 1. The highest BCUT2D eigenvalue weighted by Gasteiger charge is 2.05. The Labute approximate surface area is 173 Å². The summed E-state index contributed by atoms with van der Waals surface area (Å²) < 4.78 is 2.00. The van der Waals surface area contributed by atoms with Crippen molar-refractivity contribution in [2.45, 2.75) is 46.1 Å². The molecule has 0 amide bonds. The summed E-state index contributed by atoms with van der Waals surface area (Å²) >= 11 is 0. The predicted octanol–water partition coefficient (Wildman–Crippen LogP) is 3.34. The van der Waals surface area contributed by atoms with Crippen molar-refractivity contribution >= 4 is 29.9 Å². The van der Waals surface area contributed by atoms with E-state index in [2.05, 4.69) is 65.9 Å². The highest BCUT2D eigenvalue weighted by molar-refractivity contribution is 14.0. The van der Waals surface area contributed by atoms with Crippen LogP contribution in [0.4, 0.5) is 0 Å². The minimum Gasteiger partial charge on any atom is -0.357 e. The molecule has 1 unspecified atom stereocenters. The van der Waals surface area contributed by atoms with Crippen LogP contribution in [0, 0.1) is 6.92 Å². The Hall–Kier alpha value is -1.64. The van der Waals surface area contributed by atoms with Crippen LogP contribution in [0.1, 0.15) is 43.7 Å². The smallest absolute Gasteiger partial charge is 0.191 e. The molecule has 2 N–H and O–H groups in total. The SMILES string of the molecule is CCNC(=NCC(C)c1ccc(C)cc1)NCCCCn1cnnc1.I. The van der Waals surface area contributed by atoms with Crippen LogP contribution in [-0.4, -0.2) is 40.4 Å². The van der Waals surface area contributed by atoms with Crippen LogP contribution in [0.5, 0.6) is 0 Å². The Morgan fingerprint density at radius 3 is 2.46 bits per heavy atom. The maximum absolute atomic E-state index is 4.73. The van der Waals surface area contributed by atoms with Gasteiger partial charge < -0.3 is 15.2 Å². The van der Waals surface area contributed by atoms with E-state index in [0.717, 1.165) is 45.0 Å². The third-order valence-corrected chi connectivity index (χ3v) is 4.12. The highest BCUT2D eigenvalue weighted by atomic mass is 127. The maximum Gasteiger partial charge on any atom is 0.191 e. The first kappa shape index (κ1) is 22.4. The molecule has 1 atom stereocenters. The molecule has 1 aromatic carbocycles. The Balaban J connectivity index is 0.00000338. The second-order valence-corrected chi connectivity index (χ2v) is 6.36. The van der Waals surface area contributed by atoms with Gasteiger partial charge in [0.25, 0.3) is 0 Å². The molecule has 0 aliphatic heterocycles. The second kappa shape index (κ2) is 12.7. The molecule has 0 spiro atoms. The Morgan fingerprint density at radius 1 is 1.12 bits per heavy atom. The number of hydrogen-bond acceptors (Lipinski definition) is 3. The van der Waals surface area contributed by atoms with Gasteiger partial charge in [0.15, 0.2) is 5.96 Å². The Morgan fingerprint density at radius 2 is 1.81 bits per heavy atom. The number of aliphatic imine (C=N–C) groups is 1. The number of rotatable bonds is 9. The van der Waals surface area contributed by atoms with E-state index in [9.17, 15) is 0 Å². The van der Waals surface area contributed by atoms with Crippen LogP contribution in [0.25, 0.3) is 0 Å².